The summed E-state index contributed by atoms with van der Waals surface area (Å²) < 4.78 is 0. The van der Waals surface area contributed by atoms with Crippen molar-refractivity contribution in [2.75, 3.05) is 0 Å². The molecule has 0 bridgehead atoms. The predicted octanol–water partition coefficient (Wildman–Crippen LogP) is 4.48. The summed E-state index contributed by atoms with van der Waals surface area (Å²) in [6, 6.07) is 39.2. The first-order valence-corrected chi connectivity index (χ1v) is 19.4. The Morgan fingerprint density at radius 3 is 1.18 bits per heavy atom. The molecule has 0 aliphatic carbocycles. The number of rotatable bonds is 2. The van der Waals surface area contributed by atoms with E-state index in [0.717, 1.165) is 0 Å². The van der Waals surface area contributed by atoms with Gasteiger partial charge in [-0.3, -0.25) is 0 Å². The van der Waals surface area contributed by atoms with Gasteiger partial charge >= 0.3 is 41.9 Å². The van der Waals surface area contributed by atoms with Gasteiger partial charge in [-0.2, -0.15) is 12.1 Å². The third kappa shape index (κ3) is 8.40. The Hall–Kier alpha value is -2.22. The maximum atomic E-state index is 2.31. The van der Waals surface area contributed by atoms with Crippen LogP contribution in [0.15, 0.2) is 109 Å². The molecule has 0 saturated heterocycles. The van der Waals surface area contributed by atoms with E-state index < -0.39 is 0 Å². The molecule has 6 aromatic rings. The average molecular weight is 659 g/mol. The Morgan fingerprint density at radius 2 is 0.850 bits per heavy atom. The Morgan fingerprint density at radius 1 is 0.525 bits per heavy atom. The summed E-state index contributed by atoms with van der Waals surface area (Å²) >= 11 is 1.74. The van der Waals surface area contributed by atoms with E-state index >= 15 is 0 Å². The van der Waals surface area contributed by atoms with Crippen LogP contribution in [0.2, 0.25) is 13.1 Å². The molecule has 40 heavy (non-hydrogen) atoms. The third-order valence-electron chi connectivity index (χ3n) is 6.61. The monoisotopic (exact) mass is 656 g/mol. The summed E-state index contributed by atoms with van der Waals surface area (Å²) in [5.41, 5.74) is 10.9. The molecule has 4 heteroatoms. The first kappa shape index (κ1) is 34.0. The fourth-order valence-electron chi connectivity index (χ4n) is 5.06. The molecule has 0 spiro atoms. The standard InChI is InChI=1S/2C17H15.C2H6Si.2ClH.Zr/c2*1-12-10-15-9-8-13(2)17(16(15)11-12)14-6-4-3-5-7-14;1-3-2;;;/h2*3-11H,1-2H3;1-2H3;2*1H;/q2*-1;;;;+2/p-2. The molecule has 204 valence electrons. The molecule has 0 nitrogen and oxygen atoms in total. The van der Waals surface area contributed by atoms with Crippen LogP contribution in [0.25, 0.3) is 43.8 Å². The topological polar surface area (TPSA) is 0 Å². The second-order valence-corrected chi connectivity index (χ2v) is 19.7. The van der Waals surface area contributed by atoms with Crippen LogP contribution >= 0.6 is 0 Å². The summed E-state index contributed by atoms with van der Waals surface area (Å²) in [7, 11) is 0. The summed E-state index contributed by atoms with van der Waals surface area (Å²) in [5.74, 6) is 0. The largest absolute Gasteiger partial charge is 1.00 e. The smallest absolute Gasteiger partial charge is 0.0276 e. The van der Waals surface area contributed by atoms with E-state index in [1.165, 1.54) is 66.1 Å². The Balaban J connectivity index is 0.000000237. The maximum absolute atomic E-state index is 2.31. The van der Waals surface area contributed by atoms with E-state index in [1.807, 2.05) is 0 Å². The van der Waals surface area contributed by atoms with Crippen molar-refractivity contribution in [3.63, 3.8) is 0 Å². The van der Waals surface area contributed by atoms with E-state index in [0.29, 0.717) is 0 Å². The van der Waals surface area contributed by atoms with Crippen molar-refractivity contribution in [1.29, 1.82) is 0 Å². The zero-order valence-corrected chi connectivity index (χ0v) is 29.1. The minimum absolute atomic E-state index is 0. The SMILES string of the molecule is C[Si](C)=[Zr+2].Cc1cc2c(-c3ccccc3)c(C)ccc2[cH-]1.Cc1cc2c(-c3ccccc3)c(C)ccc2[cH-]1.[Cl-].[Cl-]. The van der Waals surface area contributed by atoms with Gasteiger partial charge in [0.1, 0.15) is 0 Å². The number of aryl methyl sites for hydroxylation is 4. The summed E-state index contributed by atoms with van der Waals surface area (Å²) in [6.07, 6.45) is 0. The van der Waals surface area contributed by atoms with Crippen molar-refractivity contribution < 1.29 is 48.1 Å². The van der Waals surface area contributed by atoms with Crippen LogP contribution in [0.3, 0.4) is 0 Å². The Kier molecular flexibility index (Phi) is 13.3. The first-order valence-electron chi connectivity index (χ1n) is 13.2. The molecule has 0 saturated carbocycles. The van der Waals surface area contributed by atoms with Crippen molar-refractivity contribution in [2.45, 2.75) is 40.8 Å². The van der Waals surface area contributed by atoms with Crippen LogP contribution in [0.5, 0.6) is 0 Å². The van der Waals surface area contributed by atoms with E-state index in [9.17, 15) is 0 Å². The van der Waals surface area contributed by atoms with Gasteiger partial charge in [0, 0.05) is 0 Å². The van der Waals surface area contributed by atoms with E-state index in [2.05, 4.69) is 150 Å². The van der Waals surface area contributed by atoms with Crippen molar-refractivity contribution >= 4 is 27.0 Å². The number of benzene rings is 4. The van der Waals surface area contributed by atoms with Crippen LogP contribution in [0.1, 0.15) is 22.3 Å². The number of hydrogen-bond donors (Lipinski definition) is 0. The van der Waals surface area contributed by atoms with Gasteiger partial charge in [-0.1, -0.05) is 96.8 Å². The van der Waals surface area contributed by atoms with Crippen LogP contribution in [0.4, 0.5) is 0 Å². The second kappa shape index (κ2) is 15.7. The van der Waals surface area contributed by atoms with E-state index in [4.69, 9.17) is 0 Å². The third-order valence-corrected chi connectivity index (χ3v) is 6.61. The molecular weight excluding hydrogens is 623 g/mol. The molecular formula is C36H36Cl2SiZr-2. The molecule has 0 heterocycles. The van der Waals surface area contributed by atoms with E-state index in [-0.39, 0.29) is 30.2 Å². The van der Waals surface area contributed by atoms with Crippen LogP contribution < -0.4 is 24.8 Å². The number of fused-ring (bicyclic) bond motifs is 2. The minimum Gasteiger partial charge on any atom is -1.00 e. The number of hydrogen-bond acceptors (Lipinski definition) is 0. The van der Waals surface area contributed by atoms with Gasteiger partial charge in [-0.15, -0.1) is 69.1 Å². The number of halogens is 2. The van der Waals surface area contributed by atoms with Crippen LogP contribution in [-0.2, 0) is 23.3 Å². The van der Waals surface area contributed by atoms with Crippen molar-refractivity contribution in [1.82, 2.24) is 0 Å². The molecule has 6 rings (SSSR count). The summed E-state index contributed by atoms with van der Waals surface area (Å²) in [5, 5.41) is 5.42. The maximum Gasteiger partial charge on any atom is -0.0276 e. The molecule has 0 N–H and O–H groups in total. The van der Waals surface area contributed by atoms with Crippen LogP contribution in [-0.4, -0.2) is 5.43 Å². The molecule has 0 aromatic heterocycles. The zero-order valence-electron chi connectivity index (χ0n) is 24.1. The van der Waals surface area contributed by atoms with Crippen LogP contribution in [0, 0.1) is 27.7 Å². The van der Waals surface area contributed by atoms with Crippen molar-refractivity contribution in [2.24, 2.45) is 0 Å². The van der Waals surface area contributed by atoms with Gasteiger partial charge in [0.2, 0.25) is 0 Å². The van der Waals surface area contributed by atoms with E-state index in [1.54, 1.807) is 23.3 Å². The quantitative estimate of drug-likeness (QED) is 0.190. The zero-order chi connectivity index (χ0) is 27.2. The van der Waals surface area contributed by atoms with Crippen molar-refractivity contribution in [3.8, 4) is 22.3 Å². The fourth-order valence-corrected chi connectivity index (χ4v) is 5.06. The van der Waals surface area contributed by atoms with Gasteiger partial charge in [-0.05, 0) is 25.0 Å². The minimum atomic E-state index is 0. The Bertz CT molecular complexity index is 1550. The average Bonchev–Trinajstić information content (AvgIpc) is 3.46. The fraction of sp³-hybridized carbons (Fsp3) is 0.167. The summed E-state index contributed by atoms with van der Waals surface area (Å²) in [6.45, 7) is 13.3. The van der Waals surface area contributed by atoms with Gasteiger partial charge in [-0.25, -0.2) is 0 Å². The Labute approximate surface area is 267 Å². The molecule has 0 radical (unpaired) electrons. The molecule has 0 aliphatic heterocycles. The van der Waals surface area contributed by atoms with Gasteiger partial charge < -0.3 is 24.8 Å². The first-order chi connectivity index (χ1) is 18.2. The van der Waals surface area contributed by atoms with Gasteiger partial charge in [0.15, 0.2) is 0 Å². The molecule has 6 aromatic carbocycles. The molecule has 0 aliphatic rings. The normalized spacial score (nSPS) is 10.0. The summed E-state index contributed by atoms with van der Waals surface area (Å²) in [4.78, 5) is 0. The molecule has 0 amide bonds. The molecule has 0 unspecified atom stereocenters. The van der Waals surface area contributed by atoms with Gasteiger partial charge in [0.25, 0.3) is 0 Å². The molecule has 0 fully saturated rings. The van der Waals surface area contributed by atoms with Gasteiger partial charge in [0.05, 0.1) is 0 Å². The molecule has 0 atom stereocenters. The second-order valence-electron chi connectivity index (χ2n) is 10.3. The predicted molar refractivity (Wildman–Crippen MR) is 166 cm³/mol. The van der Waals surface area contributed by atoms with Crippen molar-refractivity contribution in [3.05, 3.63) is 131 Å².